The summed E-state index contributed by atoms with van der Waals surface area (Å²) in [6, 6.07) is 9.06. The Morgan fingerprint density at radius 2 is 2.14 bits per heavy atom. The van der Waals surface area contributed by atoms with E-state index in [1.165, 1.54) is 28.5 Å². The van der Waals surface area contributed by atoms with Crippen LogP contribution in [0.25, 0.3) is 10.1 Å². The van der Waals surface area contributed by atoms with E-state index in [1.807, 2.05) is 11.3 Å². The molecule has 74 valence electrons. The van der Waals surface area contributed by atoms with Crippen molar-refractivity contribution in [2.75, 3.05) is 0 Å². The van der Waals surface area contributed by atoms with Crippen LogP contribution in [0.5, 0.6) is 0 Å². The first-order valence-corrected chi connectivity index (χ1v) is 6.13. The first kappa shape index (κ1) is 9.72. The Balaban J connectivity index is 2.25. The molecule has 0 amide bonds. The first-order valence-electron chi connectivity index (χ1n) is 5.25. The van der Waals surface area contributed by atoms with Gasteiger partial charge in [0.1, 0.15) is 0 Å². The molecule has 1 heteroatoms. The Morgan fingerprint density at radius 1 is 1.29 bits per heavy atom. The highest BCUT2D eigenvalue weighted by Crippen LogP contribution is 2.23. The van der Waals surface area contributed by atoms with Crippen LogP contribution in [0.15, 0.2) is 29.6 Å². The van der Waals surface area contributed by atoms with Crippen LogP contribution in [0, 0.1) is 5.92 Å². The second kappa shape index (κ2) is 4.14. The third-order valence-electron chi connectivity index (χ3n) is 2.80. The van der Waals surface area contributed by atoms with Crippen molar-refractivity contribution in [2.45, 2.75) is 26.7 Å². The summed E-state index contributed by atoms with van der Waals surface area (Å²) < 4.78 is 1.40. The standard InChI is InChI=1S/C13H16S/c1-3-10(2)8-11-4-5-13-12(9-11)6-7-14-13/h4-7,9-10H,3,8H2,1-2H3/t10-/m0/s1. The molecule has 0 saturated carbocycles. The third kappa shape index (κ3) is 1.98. The lowest BCUT2D eigenvalue weighted by molar-refractivity contribution is 0.560. The predicted molar refractivity (Wildman–Crippen MR) is 65.0 cm³/mol. The molecule has 0 spiro atoms. The minimum absolute atomic E-state index is 0.797. The average molecular weight is 204 g/mol. The summed E-state index contributed by atoms with van der Waals surface area (Å²) >= 11 is 1.82. The Morgan fingerprint density at radius 3 is 2.93 bits per heavy atom. The first-order chi connectivity index (χ1) is 6.79. The van der Waals surface area contributed by atoms with Gasteiger partial charge in [0.2, 0.25) is 0 Å². The quantitative estimate of drug-likeness (QED) is 0.691. The minimum Gasteiger partial charge on any atom is -0.144 e. The number of hydrogen-bond acceptors (Lipinski definition) is 1. The Kier molecular flexibility index (Phi) is 2.87. The van der Waals surface area contributed by atoms with Gasteiger partial charge in [0, 0.05) is 4.70 Å². The highest BCUT2D eigenvalue weighted by Gasteiger charge is 2.02. The van der Waals surface area contributed by atoms with Crippen molar-refractivity contribution in [3.63, 3.8) is 0 Å². The highest BCUT2D eigenvalue weighted by atomic mass is 32.1. The van der Waals surface area contributed by atoms with Crippen molar-refractivity contribution in [1.29, 1.82) is 0 Å². The maximum absolute atomic E-state index is 2.33. The van der Waals surface area contributed by atoms with Gasteiger partial charge < -0.3 is 0 Å². The normalized spacial score (nSPS) is 13.3. The smallest absolute Gasteiger partial charge is 0.0342 e. The summed E-state index contributed by atoms with van der Waals surface area (Å²) in [4.78, 5) is 0. The van der Waals surface area contributed by atoms with Crippen molar-refractivity contribution in [2.24, 2.45) is 5.92 Å². The van der Waals surface area contributed by atoms with Crippen molar-refractivity contribution in [1.82, 2.24) is 0 Å². The van der Waals surface area contributed by atoms with Crippen LogP contribution in [-0.4, -0.2) is 0 Å². The molecule has 0 radical (unpaired) electrons. The van der Waals surface area contributed by atoms with E-state index in [2.05, 4.69) is 43.5 Å². The maximum atomic E-state index is 2.33. The van der Waals surface area contributed by atoms with Gasteiger partial charge >= 0.3 is 0 Å². The Labute approximate surface area is 89.6 Å². The molecule has 1 heterocycles. The van der Waals surface area contributed by atoms with Crippen LogP contribution in [-0.2, 0) is 6.42 Å². The van der Waals surface area contributed by atoms with E-state index in [-0.39, 0.29) is 0 Å². The molecule has 1 atom stereocenters. The summed E-state index contributed by atoms with van der Waals surface area (Å²) in [5, 5.41) is 3.56. The molecule has 2 aromatic rings. The summed E-state index contributed by atoms with van der Waals surface area (Å²) in [6.45, 7) is 4.58. The van der Waals surface area contributed by atoms with E-state index >= 15 is 0 Å². The topological polar surface area (TPSA) is 0 Å². The predicted octanol–water partition coefficient (Wildman–Crippen LogP) is 4.49. The molecule has 1 aromatic carbocycles. The van der Waals surface area contributed by atoms with Gasteiger partial charge in [-0.2, -0.15) is 0 Å². The van der Waals surface area contributed by atoms with Crippen LogP contribution < -0.4 is 0 Å². The van der Waals surface area contributed by atoms with Crippen molar-refractivity contribution >= 4 is 21.4 Å². The number of hydrogen-bond donors (Lipinski definition) is 0. The zero-order chi connectivity index (χ0) is 9.97. The molecule has 0 fully saturated rings. The molecule has 0 aliphatic rings. The molecule has 0 nitrogen and oxygen atoms in total. The minimum atomic E-state index is 0.797. The molecule has 0 N–H and O–H groups in total. The summed E-state index contributed by atoms with van der Waals surface area (Å²) in [6.07, 6.45) is 2.48. The third-order valence-corrected chi connectivity index (χ3v) is 3.70. The zero-order valence-corrected chi connectivity index (χ0v) is 9.60. The molecule has 2 rings (SSSR count). The van der Waals surface area contributed by atoms with Gasteiger partial charge in [0.15, 0.2) is 0 Å². The number of fused-ring (bicyclic) bond motifs is 1. The maximum Gasteiger partial charge on any atom is 0.0342 e. The number of benzene rings is 1. The molecular weight excluding hydrogens is 188 g/mol. The lowest BCUT2D eigenvalue weighted by Gasteiger charge is -2.07. The van der Waals surface area contributed by atoms with Crippen LogP contribution in [0.3, 0.4) is 0 Å². The van der Waals surface area contributed by atoms with Gasteiger partial charge in [-0.15, -0.1) is 11.3 Å². The van der Waals surface area contributed by atoms with Crippen molar-refractivity contribution < 1.29 is 0 Å². The second-order valence-corrected chi connectivity index (χ2v) is 4.96. The molecule has 0 unspecified atom stereocenters. The fourth-order valence-corrected chi connectivity index (χ4v) is 2.46. The van der Waals surface area contributed by atoms with E-state index < -0.39 is 0 Å². The lowest BCUT2D eigenvalue weighted by Crippen LogP contribution is -1.96. The number of thiophene rings is 1. The van der Waals surface area contributed by atoms with Gasteiger partial charge in [-0.25, -0.2) is 0 Å². The average Bonchev–Trinajstić information content (AvgIpc) is 2.64. The van der Waals surface area contributed by atoms with Crippen LogP contribution in [0.4, 0.5) is 0 Å². The molecule has 0 saturated heterocycles. The molecule has 0 aliphatic heterocycles. The highest BCUT2D eigenvalue weighted by molar-refractivity contribution is 7.17. The van der Waals surface area contributed by atoms with E-state index in [1.54, 1.807) is 0 Å². The molecular formula is C13H16S. The van der Waals surface area contributed by atoms with Gasteiger partial charge in [0.25, 0.3) is 0 Å². The molecule has 1 aromatic heterocycles. The lowest BCUT2D eigenvalue weighted by atomic mass is 9.98. The van der Waals surface area contributed by atoms with Crippen molar-refractivity contribution in [3.05, 3.63) is 35.2 Å². The van der Waals surface area contributed by atoms with E-state index in [0.717, 1.165) is 5.92 Å². The SMILES string of the molecule is CC[C@H](C)Cc1ccc2sccc2c1. The summed E-state index contributed by atoms with van der Waals surface area (Å²) in [5.74, 6) is 0.797. The molecule has 0 bridgehead atoms. The van der Waals surface area contributed by atoms with Crippen LogP contribution >= 0.6 is 11.3 Å². The van der Waals surface area contributed by atoms with Gasteiger partial charge in [0.05, 0.1) is 0 Å². The largest absolute Gasteiger partial charge is 0.144 e. The molecule has 0 aliphatic carbocycles. The fraction of sp³-hybridized carbons (Fsp3) is 0.385. The van der Waals surface area contributed by atoms with Crippen molar-refractivity contribution in [3.8, 4) is 0 Å². The Hall–Kier alpha value is -0.820. The van der Waals surface area contributed by atoms with E-state index in [4.69, 9.17) is 0 Å². The second-order valence-electron chi connectivity index (χ2n) is 4.01. The van der Waals surface area contributed by atoms with E-state index in [0.29, 0.717) is 0 Å². The van der Waals surface area contributed by atoms with Crippen LogP contribution in [0.2, 0.25) is 0 Å². The number of rotatable bonds is 3. The summed E-state index contributed by atoms with van der Waals surface area (Å²) in [5.41, 5.74) is 1.48. The van der Waals surface area contributed by atoms with E-state index in [9.17, 15) is 0 Å². The Bertz CT molecular complexity index is 414. The van der Waals surface area contributed by atoms with Gasteiger partial charge in [-0.1, -0.05) is 32.4 Å². The van der Waals surface area contributed by atoms with Gasteiger partial charge in [-0.3, -0.25) is 0 Å². The fourth-order valence-electron chi connectivity index (χ4n) is 1.69. The molecule has 14 heavy (non-hydrogen) atoms. The summed E-state index contributed by atoms with van der Waals surface area (Å²) in [7, 11) is 0. The van der Waals surface area contributed by atoms with Crippen LogP contribution in [0.1, 0.15) is 25.8 Å². The van der Waals surface area contributed by atoms with Gasteiger partial charge in [-0.05, 0) is 40.8 Å². The zero-order valence-electron chi connectivity index (χ0n) is 8.79. The monoisotopic (exact) mass is 204 g/mol.